The molecule has 0 saturated heterocycles. The molecule has 0 aliphatic carbocycles. The van der Waals surface area contributed by atoms with Crippen molar-refractivity contribution in [3.63, 3.8) is 0 Å². The number of Topliss-reactive ketones (excluding diaryl/α,β-unsaturated/α-hetero) is 1. The predicted octanol–water partition coefficient (Wildman–Crippen LogP) is 3.07. The second-order valence-electron chi connectivity index (χ2n) is 5.58. The third kappa shape index (κ3) is 3.43. The van der Waals surface area contributed by atoms with E-state index in [1.54, 1.807) is 19.1 Å². The van der Waals surface area contributed by atoms with Crippen molar-refractivity contribution in [3.8, 4) is 0 Å². The van der Waals surface area contributed by atoms with Crippen LogP contribution >= 0.6 is 15.9 Å². The van der Waals surface area contributed by atoms with Crippen LogP contribution < -0.4 is 5.32 Å². The van der Waals surface area contributed by atoms with Gasteiger partial charge in [0.25, 0.3) is 5.91 Å². The lowest BCUT2D eigenvalue weighted by Crippen LogP contribution is -2.25. The average Bonchev–Trinajstić information content (AvgIpc) is 2.96. The van der Waals surface area contributed by atoms with Gasteiger partial charge in [0.15, 0.2) is 11.4 Å². The Morgan fingerprint density at radius 1 is 1.32 bits per heavy atom. The Morgan fingerprint density at radius 3 is 2.76 bits per heavy atom. The molecule has 8 heteroatoms. The van der Waals surface area contributed by atoms with E-state index in [0.717, 1.165) is 5.56 Å². The molecule has 2 aromatic heterocycles. The number of carbonyl (C=O) groups excluding carboxylic acids is 2. The van der Waals surface area contributed by atoms with Crippen molar-refractivity contribution in [1.82, 2.24) is 19.9 Å². The molecule has 1 amide bonds. The van der Waals surface area contributed by atoms with Gasteiger partial charge in [-0.25, -0.2) is 13.9 Å². The normalized spacial score (nSPS) is 10.9. The summed E-state index contributed by atoms with van der Waals surface area (Å²) in [6.07, 6.45) is 1.51. The van der Waals surface area contributed by atoms with Crippen LogP contribution in [-0.2, 0) is 6.54 Å². The molecule has 128 valence electrons. The van der Waals surface area contributed by atoms with Gasteiger partial charge in [-0.1, -0.05) is 12.1 Å². The van der Waals surface area contributed by atoms with E-state index >= 15 is 0 Å². The Balaban J connectivity index is 1.87. The summed E-state index contributed by atoms with van der Waals surface area (Å²) in [5.41, 5.74) is 2.03. The molecule has 25 heavy (non-hydrogen) atoms. The Morgan fingerprint density at radius 2 is 2.08 bits per heavy atom. The molecule has 0 fully saturated rings. The quantitative estimate of drug-likeness (QED) is 0.677. The van der Waals surface area contributed by atoms with E-state index in [4.69, 9.17) is 0 Å². The Kier molecular flexibility index (Phi) is 4.63. The fourth-order valence-corrected chi connectivity index (χ4v) is 2.74. The molecular formula is C17H14BrFN4O2. The summed E-state index contributed by atoms with van der Waals surface area (Å²) in [7, 11) is 0. The Bertz CT molecular complexity index is 1000. The van der Waals surface area contributed by atoms with Crippen LogP contribution in [0, 0.1) is 12.7 Å². The first-order valence-electron chi connectivity index (χ1n) is 7.45. The smallest absolute Gasteiger partial charge is 0.270 e. The van der Waals surface area contributed by atoms with Gasteiger partial charge >= 0.3 is 0 Å². The van der Waals surface area contributed by atoms with Crippen LogP contribution in [0.25, 0.3) is 5.65 Å². The number of rotatable bonds is 4. The van der Waals surface area contributed by atoms with Crippen molar-refractivity contribution < 1.29 is 14.0 Å². The summed E-state index contributed by atoms with van der Waals surface area (Å²) in [4.78, 5) is 28.5. The Labute approximate surface area is 151 Å². The molecule has 0 bridgehead atoms. The van der Waals surface area contributed by atoms with Gasteiger partial charge in [0.05, 0.1) is 10.7 Å². The lowest BCUT2D eigenvalue weighted by Gasteiger charge is -2.08. The van der Waals surface area contributed by atoms with E-state index in [2.05, 4.69) is 31.3 Å². The highest BCUT2D eigenvalue weighted by Gasteiger charge is 2.17. The maximum atomic E-state index is 13.3. The second kappa shape index (κ2) is 6.72. The highest BCUT2D eigenvalue weighted by atomic mass is 79.9. The van der Waals surface area contributed by atoms with Gasteiger partial charge in [-0.3, -0.25) is 9.59 Å². The van der Waals surface area contributed by atoms with Crippen LogP contribution in [-0.4, -0.2) is 26.3 Å². The molecular weight excluding hydrogens is 391 g/mol. The fraction of sp³-hybridized carbons (Fsp3) is 0.176. The minimum absolute atomic E-state index is 0.109. The number of carbonyl (C=O) groups is 2. The van der Waals surface area contributed by atoms with E-state index < -0.39 is 5.91 Å². The van der Waals surface area contributed by atoms with Crippen molar-refractivity contribution in [1.29, 1.82) is 0 Å². The molecule has 6 nitrogen and oxygen atoms in total. The number of hydrogen-bond acceptors (Lipinski definition) is 4. The molecule has 0 aliphatic heterocycles. The maximum absolute atomic E-state index is 13.3. The first-order valence-corrected chi connectivity index (χ1v) is 8.24. The van der Waals surface area contributed by atoms with Gasteiger partial charge in [0.1, 0.15) is 17.2 Å². The number of ketones is 1. The standard InChI is InChI=1S/C17H14BrFN4O2/c1-9-5-11(3-4-13(9)19)7-20-17(25)14-6-15(10(2)24)23-16(22-14)12(18)8-21-23/h3-6,8H,7H2,1-2H3,(H,20,25). The topological polar surface area (TPSA) is 76.4 Å². The SMILES string of the molecule is CC(=O)c1cc(C(=O)NCc2ccc(F)c(C)c2)nc2c(Br)cnn12. The largest absolute Gasteiger partial charge is 0.347 e. The zero-order valence-corrected chi connectivity index (χ0v) is 15.1. The highest BCUT2D eigenvalue weighted by molar-refractivity contribution is 9.10. The van der Waals surface area contributed by atoms with Crippen LogP contribution in [0.2, 0.25) is 0 Å². The van der Waals surface area contributed by atoms with Crippen molar-refractivity contribution in [2.45, 2.75) is 20.4 Å². The molecule has 0 radical (unpaired) electrons. The molecule has 3 aromatic rings. The summed E-state index contributed by atoms with van der Waals surface area (Å²) in [5, 5.41) is 6.79. The maximum Gasteiger partial charge on any atom is 0.270 e. The van der Waals surface area contributed by atoms with Gasteiger partial charge in [-0.2, -0.15) is 5.10 Å². The summed E-state index contributed by atoms with van der Waals surface area (Å²) in [6, 6.07) is 6.03. The molecule has 0 atom stereocenters. The highest BCUT2D eigenvalue weighted by Crippen LogP contribution is 2.18. The van der Waals surface area contributed by atoms with E-state index in [1.807, 2.05) is 0 Å². The van der Waals surface area contributed by atoms with E-state index in [-0.39, 0.29) is 29.5 Å². The lowest BCUT2D eigenvalue weighted by atomic mass is 10.1. The number of hydrogen-bond donors (Lipinski definition) is 1. The molecule has 2 heterocycles. The van der Waals surface area contributed by atoms with Gasteiger partial charge in [0, 0.05) is 13.5 Å². The molecule has 0 spiro atoms. The number of nitrogens with zero attached hydrogens (tertiary/aromatic N) is 3. The molecule has 0 saturated carbocycles. The average molecular weight is 405 g/mol. The summed E-state index contributed by atoms with van der Waals surface area (Å²) >= 11 is 3.30. The van der Waals surface area contributed by atoms with E-state index in [0.29, 0.717) is 15.7 Å². The number of halogens is 2. The first-order chi connectivity index (χ1) is 11.9. The van der Waals surface area contributed by atoms with E-state index in [1.165, 1.54) is 29.8 Å². The molecule has 1 N–H and O–H groups in total. The molecule has 1 aromatic carbocycles. The molecule has 3 rings (SSSR count). The fourth-order valence-electron chi connectivity index (χ4n) is 2.39. The third-order valence-corrected chi connectivity index (χ3v) is 4.26. The van der Waals surface area contributed by atoms with Crippen molar-refractivity contribution >= 4 is 33.3 Å². The number of nitrogens with one attached hydrogen (secondary N) is 1. The monoisotopic (exact) mass is 404 g/mol. The zero-order valence-electron chi connectivity index (χ0n) is 13.5. The van der Waals surface area contributed by atoms with Gasteiger partial charge in [-0.15, -0.1) is 0 Å². The van der Waals surface area contributed by atoms with Gasteiger partial charge < -0.3 is 5.32 Å². The minimum Gasteiger partial charge on any atom is -0.347 e. The van der Waals surface area contributed by atoms with Crippen LogP contribution in [0.1, 0.15) is 39.0 Å². The summed E-state index contributed by atoms with van der Waals surface area (Å²) < 4.78 is 15.3. The Hall–Kier alpha value is -2.61. The second-order valence-corrected chi connectivity index (χ2v) is 6.43. The number of amides is 1. The summed E-state index contributed by atoms with van der Waals surface area (Å²) in [6.45, 7) is 3.28. The van der Waals surface area contributed by atoms with Crippen molar-refractivity contribution in [2.75, 3.05) is 0 Å². The molecule has 0 aliphatic rings. The predicted molar refractivity (Wildman–Crippen MR) is 93.0 cm³/mol. The minimum atomic E-state index is -0.430. The lowest BCUT2D eigenvalue weighted by molar-refractivity contribution is 0.0946. The van der Waals surface area contributed by atoms with Crippen LogP contribution in [0.3, 0.4) is 0 Å². The van der Waals surface area contributed by atoms with Crippen LogP contribution in [0.15, 0.2) is 34.9 Å². The number of aryl methyl sites for hydroxylation is 1. The van der Waals surface area contributed by atoms with Crippen molar-refractivity contribution in [3.05, 3.63) is 63.3 Å². The number of benzene rings is 1. The number of aromatic nitrogens is 3. The molecule has 0 unspecified atom stereocenters. The first kappa shape index (κ1) is 17.2. The van der Waals surface area contributed by atoms with E-state index in [9.17, 15) is 14.0 Å². The summed E-state index contributed by atoms with van der Waals surface area (Å²) in [5.74, 6) is -0.954. The van der Waals surface area contributed by atoms with Gasteiger partial charge in [0.2, 0.25) is 0 Å². The van der Waals surface area contributed by atoms with Crippen molar-refractivity contribution in [2.24, 2.45) is 0 Å². The van der Waals surface area contributed by atoms with Gasteiger partial charge in [-0.05, 0) is 46.1 Å². The zero-order chi connectivity index (χ0) is 18.1. The third-order valence-electron chi connectivity index (χ3n) is 3.70. The number of fused-ring (bicyclic) bond motifs is 1. The van der Waals surface area contributed by atoms with Crippen LogP contribution in [0.4, 0.5) is 4.39 Å². The van der Waals surface area contributed by atoms with Crippen LogP contribution in [0.5, 0.6) is 0 Å².